The normalized spacial score (nSPS) is 12.1. The highest BCUT2D eigenvalue weighted by molar-refractivity contribution is 6.60. The third kappa shape index (κ3) is 3.72. The number of nitrogens with one attached hydrogen (secondary N) is 1. The summed E-state index contributed by atoms with van der Waals surface area (Å²) in [5.74, 6) is 0.481. The van der Waals surface area contributed by atoms with Gasteiger partial charge in [-0.25, -0.2) is 4.98 Å². The van der Waals surface area contributed by atoms with Crippen LogP contribution in [0.1, 0.15) is 46.4 Å². The van der Waals surface area contributed by atoms with E-state index in [4.69, 9.17) is 0 Å². The summed E-state index contributed by atoms with van der Waals surface area (Å²) in [7, 11) is 0.0875. The highest BCUT2D eigenvalue weighted by Crippen LogP contribution is 2.20. The standard InChI is InChI=1S/C16H20BN3O4/c1-10(2)14(15-18-6-7-20(15)3)19-16(22)11-4-5-13(17(23)24)12(8-11)9-21/h4-10,14,23-24H,1-3H3,(H,19,22). The number of aryl methyl sites for hydroxylation is 1. The molecule has 1 heterocycles. The second-order valence-corrected chi connectivity index (χ2v) is 5.93. The van der Waals surface area contributed by atoms with Gasteiger partial charge in [0.05, 0.1) is 6.04 Å². The predicted molar refractivity (Wildman–Crippen MR) is 89.9 cm³/mol. The van der Waals surface area contributed by atoms with Crippen LogP contribution in [0, 0.1) is 5.92 Å². The van der Waals surface area contributed by atoms with Gasteiger partial charge in [-0.3, -0.25) is 9.59 Å². The molecule has 0 bridgehead atoms. The van der Waals surface area contributed by atoms with E-state index in [2.05, 4.69) is 10.3 Å². The van der Waals surface area contributed by atoms with Gasteiger partial charge in [-0.1, -0.05) is 19.9 Å². The molecule has 0 fully saturated rings. The fraction of sp³-hybridized carbons (Fsp3) is 0.312. The molecule has 3 N–H and O–H groups in total. The fourth-order valence-corrected chi connectivity index (χ4v) is 2.48. The number of aromatic nitrogens is 2. The van der Waals surface area contributed by atoms with Gasteiger partial charge in [-0.2, -0.15) is 0 Å². The number of hydrogen-bond donors (Lipinski definition) is 3. The molecule has 8 heteroatoms. The minimum atomic E-state index is -1.77. The van der Waals surface area contributed by atoms with Crippen LogP contribution in [0.15, 0.2) is 30.6 Å². The second-order valence-electron chi connectivity index (χ2n) is 5.93. The first-order valence-corrected chi connectivity index (χ1v) is 7.58. The number of hydrogen-bond acceptors (Lipinski definition) is 5. The number of rotatable bonds is 6. The molecule has 1 aromatic carbocycles. The lowest BCUT2D eigenvalue weighted by molar-refractivity contribution is 0.0922. The molecular weight excluding hydrogens is 309 g/mol. The van der Waals surface area contributed by atoms with E-state index >= 15 is 0 Å². The summed E-state index contributed by atoms with van der Waals surface area (Å²) < 4.78 is 1.84. The Hall–Kier alpha value is -2.45. The van der Waals surface area contributed by atoms with Gasteiger partial charge >= 0.3 is 7.12 Å². The van der Waals surface area contributed by atoms with Crippen molar-refractivity contribution in [3.63, 3.8) is 0 Å². The van der Waals surface area contributed by atoms with Crippen molar-refractivity contribution in [3.05, 3.63) is 47.5 Å². The fourth-order valence-electron chi connectivity index (χ4n) is 2.48. The van der Waals surface area contributed by atoms with Crippen molar-refractivity contribution in [1.29, 1.82) is 0 Å². The highest BCUT2D eigenvalue weighted by atomic mass is 16.4. The van der Waals surface area contributed by atoms with Crippen LogP contribution in [0.25, 0.3) is 0 Å². The molecule has 1 atom stereocenters. The summed E-state index contributed by atoms with van der Waals surface area (Å²) in [5, 5.41) is 21.4. The van der Waals surface area contributed by atoms with Crippen LogP contribution in [0.2, 0.25) is 0 Å². The average Bonchev–Trinajstić information content (AvgIpc) is 2.96. The smallest absolute Gasteiger partial charge is 0.423 e. The number of aldehydes is 1. The van der Waals surface area contributed by atoms with Crippen LogP contribution in [0.4, 0.5) is 0 Å². The first-order chi connectivity index (χ1) is 11.3. The Kier molecular flexibility index (Phi) is 5.53. The maximum atomic E-state index is 12.5. The lowest BCUT2D eigenvalue weighted by Crippen LogP contribution is -2.35. The third-order valence-corrected chi connectivity index (χ3v) is 3.84. The zero-order chi connectivity index (χ0) is 17.9. The van der Waals surface area contributed by atoms with Crippen LogP contribution >= 0.6 is 0 Å². The van der Waals surface area contributed by atoms with Crippen molar-refractivity contribution in [1.82, 2.24) is 14.9 Å². The minimum absolute atomic E-state index is 0.0612. The van der Waals surface area contributed by atoms with Gasteiger partial charge in [0.25, 0.3) is 5.91 Å². The van der Waals surface area contributed by atoms with Crippen LogP contribution in [-0.4, -0.2) is 38.9 Å². The van der Waals surface area contributed by atoms with Crippen molar-refractivity contribution in [2.75, 3.05) is 0 Å². The maximum absolute atomic E-state index is 12.5. The van der Waals surface area contributed by atoms with Gasteiger partial charge in [0.1, 0.15) is 12.1 Å². The molecule has 24 heavy (non-hydrogen) atoms. The second kappa shape index (κ2) is 7.42. The molecule has 1 aromatic heterocycles. The van der Waals surface area contributed by atoms with Gasteiger partial charge < -0.3 is 19.9 Å². The van der Waals surface area contributed by atoms with Crippen LogP contribution in [-0.2, 0) is 7.05 Å². The maximum Gasteiger partial charge on any atom is 0.489 e. The molecule has 1 amide bonds. The van der Waals surface area contributed by atoms with Crippen molar-refractivity contribution in [2.45, 2.75) is 19.9 Å². The number of benzene rings is 1. The third-order valence-electron chi connectivity index (χ3n) is 3.84. The van der Waals surface area contributed by atoms with Crippen molar-refractivity contribution in [2.24, 2.45) is 13.0 Å². The van der Waals surface area contributed by atoms with E-state index in [1.165, 1.54) is 18.2 Å². The Bertz CT molecular complexity index is 743. The molecule has 1 unspecified atom stereocenters. The highest BCUT2D eigenvalue weighted by Gasteiger charge is 2.24. The minimum Gasteiger partial charge on any atom is -0.423 e. The summed E-state index contributed by atoms with van der Waals surface area (Å²) in [6.07, 6.45) is 3.96. The molecule has 0 spiro atoms. The molecule has 0 radical (unpaired) electrons. The van der Waals surface area contributed by atoms with E-state index in [1.54, 1.807) is 12.4 Å². The lowest BCUT2D eigenvalue weighted by atomic mass is 9.77. The molecule has 0 saturated carbocycles. The van der Waals surface area contributed by atoms with Gasteiger partial charge in [-0.15, -0.1) is 0 Å². The Balaban J connectivity index is 2.28. The number of nitrogens with zero attached hydrogens (tertiary/aromatic N) is 2. The molecule has 2 aromatic rings. The zero-order valence-electron chi connectivity index (χ0n) is 13.8. The van der Waals surface area contributed by atoms with Gasteiger partial charge in [0, 0.05) is 30.6 Å². The Morgan fingerprint density at radius 1 is 1.38 bits per heavy atom. The van der Waals surface area contributed by atoms with Crippen LogP contribution in [0.5, 0.6) is 0 Å². The monoisotopic (exact) mass is 329 g/mol. The molecule has 7 nitrogen and oxygen atoms in total. The summed E-state index contributed by atoms with van der Waals surface area (Å²) in [4.78, 5) is 27.9. The summed E-state index contributed by atoms with van der Waals surface area (Å²) in [6.45, 7) is 3.95. The van der Waals surface area contributed by atoms with Crippen molar-refractivity contribution >= 4 is 24.8 Å². The summed E-state index contributed by atoms with van der Waals surface area (Å²) in [5.41, 5.74) is 0.392. The zero-order valence-corrected chi connectivity index (χ0v) is 13.8. The summed E-state index contributed by atoms with van der Waals surface area (Å²) in [6, 6.07) is 3.86. The van der Waals surface area contributed by atoms with E-state index in [9.17, 15) is 19.6 Å². The molecule has 0 aliphatic carbocycles. The molecule has 0 aliphatic rings. The van der Waals surface area contributed by atoms with Gasteiger partial charge in [0.15, 0.2) is 0 Å². The average molecular weight is 329 g/mol. The number of imidazole rings is 1. The summed E-state index contributed by atoms with van der Waals surface area (Å²) >= 11 is 0. The molecule has 126 valence electrons. The lowest BCUT2D eigenvalue weighted by Gasteiger charge is -2.22. The van der Waals surface area contributed by atoms with Crippen LogP contribution in [0.3, 0.4) is 0 Å². The predicted octanol–water partition coefficient (Wildman–Crippen LogP) is 0.0395. The Morgan fingerprint density at radius 2 is 2.08 bits per heavy atom. The number of carbonyl (C=O) groups is 2. The largest absolute Gasteiger partial charge is 0.489 e. The SMILES string of the molecule is CC(C)C(NC(=O)c1ccc(B(O)O)c(C=O)c1)c1nccn1C. The van der Waals surface area contributed by atoms with E-state index < -0.39 is 7.12 Å². The Labute approximate surface area is 140 Å². The van der Waals surface area contributed by atoms with E-state index in [0.717, 1.165) is 5.82 Å². The number of amides is 1. The molecule has 0 saturated heterocycles. The van der Waals surface area contributed by atoms with Crippen molar-refractivity contribution < 1.29 is 19.6 Å². The molecular formula is C16H20BN3O4. The topological polar surface area (TPSA) is 104 Å². The van der Waals surface area contributed by atoms with E-state index in [0.29, 0.717) is 6.29 Å². The number of carbonyl (C=O) groups excluding carboxylic acids is 2. The quantitative estimate of drug-likeness (QED) is 0.513. The van der Waals surface area contributed by atoms with Gasteiger partial charge in [0.2, 0.25) is 0 Å². The van der Waals surface area contributed by atoms with Crippen LogP contribution < -0.4 is 10.8 Å². The first-order valence-electron chi connectivity index (χ1n) is 7.58. The van der Waals surface area contributed by atoms with Crippen molar-refractivity contribution in [3.8, 4) is 0 Å². The van der Waals surface area contributed by atoms with E-state index in [-0.39, 0.29) is 34.5 Å². The first kappa shape index (κ1) is 17.9. The Morgan fingerprint density at radius 3 is 2.58 bits per heavy atom. The molecule has 2 rings (SSSR count). The van der Waals surface area contributed by atoms with E-state index in [1.807, 2.05) is 25.5 Å². The van der Waals surface area contributed by atoms with Gasteiger partial charge in [-0.05, 0) is 23.5 Å². The molecule has 0 aliphatic heterocycles.